The first-order chi connectivity index (χ1) is 14.1. The SMILES string of the molecule is COc1ccc(CNc2ccc(NC(=O)Cc3ccccc3C)cc2)cc1OC. The first-order valence-corrected chi connectivity index (χ1v) is 9.48. The number of hydrogen-bond acceptors (Lipinski definition) is 4. The molecule has 0 spiro atoms. The number of ether oxygens (including phenoxy) is 2. The van der Waals surface area contributed by atoms with Crippen molar-refractivity contribution in [1.29, 1.82) is 0 Å². The summed E-state index contributed by atoms with van der Waals surface area (Å²) >= 11 is 0. The smallest absolute Gasteiger partial charge is 0.228 e. The molecular formula is C24H26N2O3. The van der Waals surface area contributed by atoms with Gasteiger partial charge in [-0.2, -0.15) is 0 Å². The van der Waals surface area contributed by atoms with Gasteiger partial charge >= 0.3 is 0 Å². The monoisotopic (exact) mass is 390 g/mol. The molecule has 5 nitrogen and oxygen atoms in total. The van der Waals surface area contributed by atoms with Gasteiger partial charge in [0.2, 0.25) is 5.91 Å². The third kappa shape index (κ3) is 5.51. The van der Waals surface area contributed by atoms with Gasteiger partial charge in [0.05, 0.1) is 20.6 Å². The van der Waals surface area contributed by atoms with Crippen molar-refractivity contribution in [2.24, 2.45) is 0 Å². The van der Waals surface area contributed by atoms with Crippen molar-refractivity contribution in [2.75, 3.05) is 24.9 Å². The Balaban J connectivity index is 1.55. The maximum atomic E-state index is 12.3. The maximum Gasteiger partial charge on any atom is 0.228 e. The Labute approximate surface area is 171 Å². The van der Waals surface area contributed by atoms with E-state index in [4.69, 9.17) is 9.47 Å². The summed E-state index contributed by atoms with van der Waals surface area (Å²) in [6.07, 6.45) is 0.367. The molecule has 0 atom stereocenters. The van der Waals surface area contributed by atoms with Gasteiger partial charge < -0.3 is 20.1 Å². The van der Waals surface area contributed by atoms with Crippen LogP contribution in [0, 0.1) is 6.92 Å². The lowest BCUT2D eigenvalue weighted by Gasteiger charge is -2.12. The summed E-state index contributed by atoms with van der Waals surface area (Å²) in [4.78, 5) is 12.3. The predicted molar refractivity (Wildman–Crippen MR) is 117 cm³/mol. The largest absolute Gasteiger partial charge is 0.493 e. The number of benzene rings is 3. The highest BCUT2D eigenvalue weighted by Crippen LogP contribution is 2.28. The number of anilines is 2. The molecule has 0 heterocycles. The zero-order chi connectivity index (χ0) is 20.6. The van der Waals surface area contributed by atoms with Gasteiger partial charge in [-0.25, -0.2) is 0 Å². The zero-order valence-corrected chi connectivity index (χ0v) is 17.0. The molecule has 29 heavy (non-hydrogen) atoms. The van der Waals surface area contributed by atoms with Crippen LogP contribution < -0.4 is 20.1 Å². The molecule has 0 fully saturated rings. The van der Waals surface area contributed by atoms with Crippen LogP contribution in [0.1, 0.15) is 16.7 Å². The quantitative estimate of drug-likeness (QED) is 0.580. The number of hydrogen-bond donors (Lipinski definition) is 2. The number of carbonyl (C=O) groups excluding carboxylic acids is 1. The lowest BCUT2D eigenvalue weighted by atomic mass is 10.1. The van der Waals surface area contributed by atoms with E-state index in [0.29, 0.717) is 24.5 Å². The van der Waals surface area contributed by atoms with Gasteiger partial charge in [-0.1, -0.05) is 30.3 Å². The van der Waals surface area contributed by atoms with Crippen molar-refractivity contribution in [3.05, 3.63) is 83.4 Å². The molecule has 0 radical (unpaired) electrons. The molecule has 2 N–H and O–H groups in total. The summed E-state index contributed by atoms with van der Waals surface area (Å²) in [7, 11) is 3.25. The lowest BCUT2D eigenvalue weighted by Crippen LogP contribution is -2.15. The van der Waals surface area contributed by atoms with Crippen LogP contribution >= 0.6 is 0 Å². The predicted octanol–water partition coefficient (Wildman–Crippen LogP) is 4.81. The number of nitrogens with one attached hydrogen (secondary N) is 2. The number of rotatable bonds is 8. The van der Waals surface area contributed by atoms with Crippen molar-refractivity contribution in [1.82, 2.24) is 0 Å². The van der Waals surface area contributed by atoms with Crippen LogP contribution in [0.3, 0.4) is 0 Å². The normalized spacial score (nSPS) is 10.3. The van der Waals surface area contributed by atoms with E-state index in [9.17, 15) is 4.79 Å². The number of amides is 1. The summed E-state index contributed by atoms with van der Waals surface area (Å²) in [6.45, 7) is 2.67. The topological polar surface area (TPSA) is 59.6 Å². The van der Waals surface area contributed by atoms with Crippen molar-refractivity contribution in [3.8, 4) is 11.5 Å². The third-order valence-corrected chi connectivity index (χ3v) is 4.73. The van der Waals surface area contributed by atoms with E-state index in [2.05, 4.69) is 10.6 Å². The molecule has 150 valence electrons. The molecule has 3 rings (SSSR count). The second-order valence-electron chi connectivity index (χ2n) is 6.77. The van der Waals surface area contributed by atoms with Crippen LogP contribution in [0.2, 0.25) is 0 Å². The number of carbonyl (C=O) groups is 1. The Kier molecular flexibility index (Phi) is 6.74. The van der Waals surface area contributed by atoms with Gasteiger partial charge in [-0.05, 0) is 60.0 Å². The molecule has 0 saturated carbocycles. The summed E-state index contributed by atoms with van der Waals surface area (Å²) < 4.78 is 10.6. The highest BCUT2D eigenvalue weighted by Gasteiger charge is 2.07. The van der Waals surface area contributed by atoms with Gasteiger partial charge in [-0.15, -0.1) is 0 Å². The molecule has 0 aliphatic rings. The van der Waals surface area contributed by atoms with Gasteiger partial charge in [0.1, 0.15) is 0 Å². The molecule has 0 aromatic heterocycles. The van der Waals surface area contributed by atoms with Crippen LogP contribution in [-0.2, 0) is 17.8 Å². The summed E-state index contributed by atoms with van der Waals surface area (Å²) in [6, 6.07) is 21.5. The molecular weight excluding hydrogens is 364 g/mol. The summed E-state index contributed by atoms with van der Waals surface area (Å²) in [5.41, 5.74) is 4.99. The second-order valence-corrected chi connectivity index (χ2v) is 6.77. The minimum Gasteiger partial charge on any atom is -0.493 e. The summed E-state index contributed by atoms with van der Waals surface area (Å²) in [5, 5.41) is 6.32. The molecule has 1 amide bonds. The molecule has 0 saturated heterocycles. The summed E-state index contributed by atoms with van der Waals surface area (Å²) in [5.74, 6) is 1.39. The van der Waals surface area contributed by atoms with E-state index in [1.54, 1.807) is 14.2 Å². The molecule has 5 heteroatoms. The van der Waals surface area contributed by atoms with Crippen molar-refractivity contribution in [2.45, 2.75) is 19.9 Å². The maximum absolute atomic E-state index is 12.3. The van der Waals surface area contributed by atoms with Crippen LogP contribution in [0.25, 0.3) is 0 Å². The van der Waals surface area contributed by atoms with Crippen molar-refractivity contribution < 1.29 is 14.3 Å². The average molecular weight is 390 g/mol. The van der Waals surface area contributed by atoms with E-state index in [1.165, 1.54) is 0 Å². The first-order valence-electron chi connectivity index (χ1n) is 9.48. The fourth-order valence-corrected chi connectivity index (χ4v) is 3.05. The van der Waals surface area contributed by atoms with E-state index >= 15 is 0 Å². The molecule has 3 aromatic carbocycles. The second kappa shape index (κ2) is 9.64. The van der Waals surface area contributed by atoms with E-state index in [1.807, 2.05) is 73.7 Å². The molecule has 0 aliphatic carbocycles. The number of methoxy groups -OCH3 is 2. The molecule has 0 bridgehead atoms. The Hall–Kier alpha value is -3.47. The van der Waals surface area contributed by atoms with E-state index < -0.39 is 0 Å². The van der Waals surface area contributed by atoms with E-state index in [0.717, 1.165) is 28.1 Å². The minimum atomic E-state index is -0.0228. The highest BCUT2D eigenvalue weighted by molar-refractivity contribution is 5.92. The standard InChI is InChI=1S/C24H26N2O3/c1-17-6-4-5-7-19(17)15-24(27)26-21-11-9-20(10-12-21)25-16-18-8-13-22(28-2)23(14-18)29-3/h4-14,25H,15-16H2,1-3H3,(H,26,27). The van der Waals surface area contributed by atoms with Gasteiger partial charge in [-0.3, -0.25) is 4.79 Å². The Bertz CT molecular complexity index is 968. The fraction of sp³-hybridized carbons (Fsp3) is 0.208. The van der Waals surface area contributed by atoms with Crippen molar-refractivity contribution in [3.63, 3.8) is 0 Å². The zero-order valence-electron chi connectivity index (χ0n) is 17.0. The minimum absolute atomic E-state index is 0.0228. The Morgan fingerprint density at radius 2 is 1.55 bits per heavy atom. The van der Waals surface area contributed by atoms with Gasteiger partial charge in [0, 0.05) is 17.9 Å². The average Bonchev–Trinajstić information content (AvgIpc) is 2.74. The molecule has 0 aliphatic heterocycles. The van der Waals surface area contributed by atoms with Crippen molar-refractivity contribution >= 4 is 17.3 Å². The highest BCUT2D eigenvalue weighted by atomic mass is 16.5. The van der Waals surface area contributed by atoms with Gasteiger partial charge in [0.25, 0.3) is 0 Å². The third-order valence-electron chi connectivity index (χ3n) is 4.73. The Morgan fingerprint density at radius 1 is 0.862 bits per heavy atom. The van der Waals surface area contributed by atoms with Crippen LogP contribution in [0.5, 0.6) is 11.5 Å². The Morgan fingerprint density at radius 3 is 2.24 bits per heavy atom. The molecule has 3 aromatic rings. The first kappa shape index (κ1) is 20.3. The van der Waals surface area contributed by atoms with E-state index in [-0.39, 0.29) is 5.91 Å². The lowest BCUT2D eigenvalue weighted by molar-refractivity contribution is -0.115. The van der Waals surface area contributed by atoms with Gasteiger partial charge in [0.15, 0.2) is 11.5 Å². The molecule has 0 unspecified atom stereocenters. The van der Waals surface area contributed by atoms with Crippen LogP contribution in [0.15, 0.2) is 66.7 Å². The number of aryl methyl sites for hydroxylation is 1. The van der Waals surface area contributed by atoms with Crippen LogP contribution in [0.4, 0.5) is 11.4 Å². The van der Waals surface area contributed by atoms with Crippen LogP contribution in [-0.4, -0.2) is 20.1 Å². The fourth-order valence-electron chi connectivity index (χ4n) is 3.05.